The summed E-state index contributed by atoms with van der Waals surface area (Å²) >= 11 is 0. The smallest absolute Gasteiger partial charge is 0.234 e. The molecule has 0 aliphatic heterocycles. The van der Waals surface area contributed by atoms with Gasteiger partial charge >= 0.3 is 0 Å². The Morgan fingerprint density at radius 2 is 2.50 bits per heavy atom. The summed E-state index contributed by atoms with van der Waals surface area (Å²) in [6, 6.07) is 0. The molecule has 0 aliphatic rings. The Labute approximate surface area is 51.3 Å². The van der Waals surface area contributed by atoms with Crippen LogP contribution in [0.15, 0.2) is 12.7 Å². The van der Waals surface area contributed by atoms with Gasteiger partial charge in [-0.05, 0) is 6.30 Å². The Morgan fingerprint density at radius 1 is 1.88 bits per heavy atom. The van der Waals surface area contributed by atoms with E-state index in [9.17, 15) is 4.57 Å². The van der Waals surface area contributed by atoms with E-state index in [0.717, 1.165) is 6.16 Å². The van der Waals surface area contributed by atoms with E-state index in [0.29, 0.717) is 0 Å². The van der Waals surface area contributed by atoms with E-state index in [-0.39, 0.29) is 8.81 Å². The standard InChI is InChI=1S/C4H8O2P2/c1-3-4-7-6-8(2)5/h3,7H,1-2,4H2. The van der Waals surface area contributed by atoms with Gasteiger partial charge in [-0.15, -0.1) is 6.58 Å². The summed E-state index contributed by atoms with van der Waals surface area (Å²) in [5.41, 5.74) is 0. The Bertz CT molecular complexity index is 120. The summed E-state index contributed by atoms with van der Waals surface area (Å²) in [6.07, 6.45) is 5.65. The highest BCUT2D eigenvalue weighted by Crippen LogP contribution is 2.22. The van der Waals surface area contributed by atoms with Gasteiger partial charge in [0.1, 0.15) is 0 Å². The molecular formula is C4H8O2P2. The largest absolute Gasteiger partial charge is 0.282 e. The third kappa shape index (κ3) is 6.10. The molecule has 0 radical (unpaired) electrons. The van der Waals surface area contributed by atoms with Crippen LogP contribution in [0.2, 0.25) is 0 Å². The molecule has 0 aromatic carbocycles. The molecule has 0 saturated heterocycles. The van der Waals surface area contributed by atoms with E-state index >= 15 is 0 Å². The van der Waals surface area contributed by atoms with E-state index in [1.807, 2.05) is 0 Å². The lowest BCUT2D eigenvalue weighted by atomic mass is 10.8. The second-order valence-corrected chi connectivity index (χ2v) is 3.15. The minimum absolute atomic E-state index is 0.248. The van der Waals surface area contributed by atoms with Crippen LogP contribution < -0.4 is 0 Å². The summed E-state index contributed by atoms with van der Waals surface area (Å²) in [7, 11) is -1.40. The Kier molecular flexibility index (Phi) is 5.31. The molecule has 0 bridgehead atoms. The molecule has 0 fully saturated rings. The third-order valence-corrected chi connectivity index (χ3v) is 2.18. The van der Waals surface area contributed by atoms with Crippen molar-refractivity contribution in [2.45, 2.75) is 0 Å². The SMILES string of the molecule is C=CCPOP(=C)=O. The van der Waals surface area contributed by atoms with Crippen LogP contribution in [0.25, 0.3) is 0 Å². The van der Waals surface area contributed by atoms with Gasteiger partial charge in [0.2, 0.25) is 7.65 Å². The Hall–Kier alpha value is 0.1000. The van der Waals surface area contributed by atoms with E-state index in [4.69, 9.17) is 0 Å². The molecular weight excluding hydrogens is 142 g/mol. The first-order valence-electron chi connectivity index (χ1n) is 2.06. The number of allylic oxidation sites excluding steroid dienone is 1. The van der Waals surface area contributed by atoms with Crippen LogP contribution in [0.1, 0.15) is 0 Å². The van der Waals surface area contributed by atoms with Crippen LogP contribution in [-0.2, 0) is 8.88 Å². The van der Waals surface area contributed by atoms with Crippen molar-refractivity contribution in [2.75, 3.05) is 6.16 Å². The molecule has 0 aromatic rings. The molecule has 0 saturated carbocycles. The first-order valence-corrected chi connectivity index (χ1v) is 4.53. The maximum atomic E-state index is 10.1. The van der Waals surface area contributed by atoms with Gasteiger partial charge in [0.25, 0.3) is 0 Å². The van der Waals surface area contributed by atoms with Gasteiger partial charge in [-0.25, -0.2) is 0 Å². The number of hydrogen-bond acceptors (Lipinski definition) is 2. The van der Waals surface area contributed by atoms with Crippen LogP contribution in [0.3, 0.4) is 0 Å². The Balaban J connectivity index is 3.05. The lowest BCUT2D eigenvalue weighted by Gasteiger charge is -1.87. The minimum Gasteiger partial charge on any atom is -0.282 e. The normalized spacial score (nSPS) is 12.2. The van der Waals surface area contributed by atoms with E-state index in [1.165, 1.54) is 0 Å². The molecule has 46 valence electrons. The van der Waals surface area contributed by atoms with Crippen molar-refractivity contribution < 1.29 is 8.88 Å². The predicted molar refractivity (Wildman–Crippen MR) is 39.2 cm³/mol. The third-order valence-electron chi connectivity index (χ3n) is 0.394. The van der Waals surface area contributed by atoms with E-state index in [1.54, 1.807) is 6.08 Å². The van der Waals surface area contributed by atoms with E-state index in [2.05, 4.69) is 17.2 Å². The highest BCUT2D eigenvalue weighted by Gasteiger charge is 1.80. The maximum Gasteiger partial charge on any atom is 0.234 e. The zero-order chi connectivity index (χ0) is 6.41. The summed E-state index contributed by atoms with van der Waals surface area (Å²) in [4.78, 5) is 0. The van der Waals surface area contributed by atoms with Gasteiger partial charge in [-0.1, -0.05) is 6.08 Å². The quantitative estimate of drug-likeness (QED) is 0.348. The van der Waals surface area contributed by atoms with Crippen LogP contribution in [-0.4, -0.2) is 12.5 Å². The summed E-state index contributed by atoms with van der Waals surface area (Å²) in [5.74, 6) is 0. The second-order valence-electron chi connectivity index (χ2n) is 1.06. The lowest BCUT2D eigenvalue weighted by molar-refractivity contribution is 0.546. The number of rotatable bonds is 4. The first-order chi connectivity index (χ1) is 3.77. The maximum absolute atomic E-state index is 10.1. The van der Waals surface area contributed by atoms with Crippen LogP contribution in [0.4, 0.5) is 0 Å². The summed E-state index contributed by atoms with van der Waals surface area (Å²) in [5, 5.41) is 0. The molecule has 0 heterocycles. The highest BCUT2D eigenvalue weighted by atomic mass is 31.2. The molecule has 0 aliphatic carbocycles. The van der Waals surface area contributed by atoms with Crippen molar-refractivity contribution in [3.05, 3.63) is 12.7 Å². The summed E-state index contributed by atoms with van der Waals surface area (Å²) < 4.78 is 14.7. The fourth-order valence-electron chi connectivity index (χ4n) is 0.168. The molecule has 0 rings (SSSR count). The Morgan fingerprint density at radius 3 is 2.88 bits per heavy atom. The van der Waals surface area contributed by atoms with Gasteiger partial charge in [-0.3, -0.25) is 8.88 Å². The lowest BCUT2D eigenvalue weighted by Crippen LogP contribution is -1.60. The molecule has 2 unspecified atom stereocenters. The first kappa shape index (κ1) is 8.10. The average Bonchev–Trinajstić information content (AvgIpc) is 1.66. The average molecular weight is 150 g/mol. The van der Waals surface area contributed by atoms with Crippen LogP contribution >= 0.6 is 16.5 Å². The fraction of sp³-hybridized carbons (Fsp3) is 0.250. The van der Waals surface area contributed by atoms with E-state index < -0.39 is 7.65 Å². The van der Waals surface area contributed by atoms with Crippen molar-refractivity contribution in [2.24, 2.45) is 0 Å². The van der Waals surface area contributed by atoms with Crippen LogP contribution in [0.5, 0.6) is 0 Å². The van der Waals surface area contributed by atoms with Crippen molar-refractivity contribution in [1.29, 1.82) is 0 Å². The molecule has 2 atom stereocenters. The van der Waals surface area contributed by atoms with Crippen LogP contribution in [0, 0.1) is 0 Å². The molecule has 4 heteroatoms. The monoisotopic (exact) mass is 150 g/mol. The second kappa shape index (κ2) is 5.24. The zero-order valence-corrected chi connectivity index (χ0v) is 6.36. The minimum atomic E-state index is -1.65. The van der Waals surface area contributed by atoms with Crippen molar-refractivity contribution in [3.63, 3.8) is 0 Å². The molecule has 0 N–H and O–H groups in total. The van der Waals surface area contributed by atoms with Crippen molar-refractivity contribution in [1.82, 2.24) is 0 Å². The topological polar surface area (TPSA) is 26.3 Å². The van der Waals surface area contributed by atoms with Gasteiger partial charge in [-0.2, -0.15) is 0 Å². The van der Waals surface area contributed by atoms with Gasteiger partial charge in [0, 0.05) is 15.0 Å². The van der Waals surface area contributed by atoms with Gasteiger partial charge < -0.3 is 0 Å². The molecule has 8 heavy (non-hydrogen) atoms. The molecule has 2 nitrogen and oxygen atoms in total. The van der Waals surface area contributed by atoms with Crippen molar-refractivity contribution >= 4 is 22.8 Å². The molecule has 0 spiro atoms. The van der Waals surface area contributed by atoms with Crippen molar-refractivity contribution in [3.8, 4) is 0 Å². The number of hydrogen-bond donors (Lipinski definition) is 0. The summed E-state index contributed by atoms with van der Waals surface area (Å²) in [6.45, 7) is 3.47. The highest BCUT2D eigenvalue weighted by molar-refractivity contribution is 7.49. The predicted octanol–water partition coefficient (Wildman–Crippen LogP) is 1.96. The molecule has 0 amide bonds. The molecule has 0 aromatic heterocycles. The zero-order valence-electron chi connectivity index (χ0n) is 4.46. The fourth-order valence-corrected chi connectivity index (χ4v) is 1.16. The van der Waals surface area contributed by atoms with Gasteiger partial charge in [0.05, 0.1) is 0 Å². The van der Waals surface area contributed by atoms with Gasteiger partial charge in [0.15, 0.2) is 0 Å².